The van der Waals surface area contributed by atoms with Crippen molar-refractivity contribution in [3.05, 3.63) is 6.48 Å². The lowest BCUT2D eigenvalue weighted by Crippen LogP contribution is -1.53. The van der Waals surface area contributed by atoms with Crippen LogP contribution >= 0.6 is 0 Å². The molecule has 0 spiro atoms. The molecule has 0 aromatic rings. The molecule has 1 fully saturated rings. The number of rotatable bonds is 0. The van der Waals surface area contributed by atoms with Crippen LogP contribution in [0.4, 0.5) is 0 Å². The Labute approximate surface area is 22.7 Å². The largest absolute Gasteiger partial charge is 0.425 e. The molecule has 1 radical (unpaired) electrons. The first-order valence-electron chi connectivity index (χ1n) is 0.799. The fourth-order valence-corrected chi connectivity index (χ4v) is 0.0186. The zero-order valence-electron chi connectivity index (χ0n) is 1.76. The highest BCUT2D eigenvalue weighted by Crippen LogP contribution is 2.14. The summed E-state index contributed by atoms with van der Waals surface area (Å²) in [6.07, 6.45) is 0. The molecular formula is CHO3. The fraction of sp³-hybridized carbons (Fsp3) is 0. The molecule has 3 heteroatoms. The SMILES string of the molecule is O[C]1OO1. The summed E-state index contributed by atoms with van der Waals surface area (Å²) >= 11 is 0. The van der Waals surface area contributed by atoms with E-state index in [0.717, 1.165) is 0 Å². The van der Waals surface area contributed by atoms with E-state index in [1.165, 1.54) is 0 Å². The monoisotopic (exact) mass is 61.0 g/mol. The Morgan fingerprint density at radius 1 is 1.50 bits per heavy atom. The number of aliphatic hydroxyl groups is 1. The fourth-order valence-electron chi connectivity index (χ4n) is 0.0186. The maximum absolute atomic E-state index is 7.64. The highest BCUT2D eigenvalue weighted by atomic mass is 17.4. The molecule has 1 aliphatic rings. The molecule has 0 aliphatic carbocycles. The smallest absolute Gasteiger partial charge is 0.333 e. The van der Waals surface area contributed by atoms with Crippen LogP contribution in [0.2, 0.25) is 0 Å². The summed E-state index contributed by atoms with van der Waals surface area (Å²) in [5.74, 6) is 0. The molecule has 0 aromatic carbocycles. The topological polar surface area (TPSA) is 45.3 Å². The summed E-state index contributed by atoms with van der Waals surface area (Å²) < 4.78 is 0. The Kier molecular flexibility index (Phi) is 0.228. The minimum absolute atomic E-state index is 0.333. The molecule has 0 aromatic heterocycles. The van der Waals surface area contributed by atoms with Crippen LogP contribution in [0, 0.1) is 6.48 Å². The molecule has 1 heterocycles. The lowest BCUT2D eigenvalue weighted by atomic mass is 11.4. The Morgan fingerprint density at radius 3 is 1.75 bits per heavy atom. The molecule has 0 amide bonds. The summed E-state index contributed by atoms with van der Waals surface area (Å²) in [6.45, 7) is -0.333. The van der Waals surface area contributed by atoms with Crippen LogP contribution in [-0.2, 0) is 9.78 Å². The van der Waals surface area contributed by atoms with Crippen molar-refractivity contribution in [3.63, 3.8) is 0 Å². The third-order valence-corrected chi connectivity index (χ3v) is 0.158. The van der Waals surface area contributed by atoms with Crippen molar-refractivity contribution in [3.8, 4) is 0 Å². The first kappa shape index (κ1) is 2.14. The van der Waals surface area contributed by atoms with Crippen LogP contribution < -0.4 is 0 Å². The van der Waals surface area contributed by atoms with Gasteiger partial charge in [-0.1, -0.05) is 0 Å². The second kappa shape index (κ2) is 0.427. The van der Waals surface area contributed by atoms with E-state index < -0.39 is 0 Å². The summed E-state index contributed by atoms with van der Waals surface area (Å²) in [5, 5.41) is 7.64. The predicted molar refractivity (Wildman–Crippen MR) is 7.35 cm³/mol. The summed E-state index contributed by atoms with van der Waals surface area (Å²) in [6, 6.07) is 0. The van der Waals surface area contributed by atoms with Gasteiger partial charge < -0.3 is 5.11 Å². The Morgan fingerprint density at radius 2 is 1.75 bits per heavy atom. The average molecular weight is 61.0 g/mol. The van der Waals surface area contributed by atoms with E-state index >= 15 is 0 Å². The molecule has 4 heavy (non-hydrogen) atoms. The molecule has 0 unspecified atom stereocenters. The molecule has 23 valence electrons. The summed E-state index contributed by atoms with van der Waals surface area (Å²) in [7, 11) is 0. The lowest BCUT2D eigenvalue weighted by Gasteiger charge is -1.40. The molecule has 0 atom stereocenters. The highest BCUT2D eigenvalue weighted by Gasteiger charge is 2.24. The van der Waals surface area contributed by atoms with Gasteiger partial charge in [-0.15, -0.1) is 0 Å². The summed E-state index contributed by atoms with van der Waals surface area (Å²) in [4.78, 5) is 7.36. The maximum Gasteiger partial charge on any atom is 0.425 e. The Bertz CT molecular complexity index is 22.5. The first-order chi connectivity index (χ1) is 1.89. The van der Waals surface area contributed by atoms with Crippen LogP contribution in [0.1, 0.15) is 0 Å². The van der Waals surface area contributed by atoms with E-state index in [4.69, 9.17) is 5.11 Å². The van der Waals surface area contributed by atoms with Crippen LogP contribution in [0.25, 0.3) is 0 Å². The Balaban J connectivity index is 2.17. The zero-order chi connectivity index (χ0) is 2.99. The van der Waals surface area contributed by atoms with Crippen molar-refractivity contribution in [2.75, 3.05) is 0 Å². The van der Waals surface area contributed by atoms with Gasteiger partial charge in [0, 0.05) is 0 Å². The van der Waals surface area contributed by atoms with E-state index in [1.54, 1.807) is 0 Å². The van der Waals surface area contributed by atoms with Crippen LogP contribution in [-0.4, -0.2) is 5.11 Å². The van der Waals surface area contributed by atoms with Gasteiger partial charge in [0.2, 0.25) is 0 Å². The van der Waals surface area contributed by atoms with Gasteiger partial charge in [0.15, 0.2) is 0 Å². The van der Waals surface area contributed by atoms with E-state index in [0.29, 0.717) is 0 Å². The van der Waals surface area contributed by atoms with E-state index in [-0.39, 0.29) is 6.48 Å². The van der Waals surface area contributed by atoms with Gasteiger partial charge in [-0.25, -0.2) is 0 Å². The van der Waals surface area contributed by atoms with Crippen molar-refractivity contribution < 1.29 is 14.9 Å². The number of hydrogen-bond acceptors (Lipinski definition) is 3. The van der Waals surface area contributed by atoms with Crippen molar-refractivity contribution >= 4 is 0 Å². The number of aliphatic hydroxyl groups excluding tert-OH is 1. The minimum atomic E-state index is -0.333. The zero-order valence-corrected chi connectivity index (χ0v) is 1.76. The molecule has 0 saturated carbocycles. The third kappa shape index (κ3) is 0.176. The second-order valence-electron chi connectivity index (χ2n) is 0.433. The molecule has 1 aliphatic heterocycles. The molecule has 1 N–H and O–H groups in total. The maximum atomic E-state index is 7.64. The molecule has 3 nitrogen and oxygen atoms in total. The van der Waals surface area contributed by atoms with Gasteiger partial charge in [-0.3, -0.25) is 0 Å². The van der Waals surface area contributed by atoms with Crippen molar-refractivity contribution in [2.24, 2.45) is 0 Å². The van der Waals surface area contributed by atoms with Gasteiger partial charge in [0.05, 0.1) is 0 Å². The van der Waals surface area contributed by atoms with Gasteiger partial charge in [-0.05, 0) is 0 Å². The number of hydrogen-bond donors (Lipinski definition) is 1. The van der Waals surface area contributed by atoms with E-state index in [9.17, 15) is 0 Å². The van der Waals surface area contributed by atoms with E-state index in [1.807, 2.05) is 0 Å². The predicted octanol–water partition coefficient (Wildman–Crippen LogP) is -0.232. The van der Waals surface area contributed by atoms with E-state index in [2.05, 4.69) is 9.78 Å². The van der Waals surface area contributed by atoms with Gasteiger partial charge in [-0.2, -0.15) is 9.78 Å². The normalized spacial score (nSPS) is 26.2. The van der Waals surface area contributed by atoms with Crippen molar-refractivity contribution in [2.45, 2.75) is 0 Å². The quantitative estimate of drug-likeness (QED) is 0.311. The van der Waals surface area contributed by atoms with Crippen LogP contribution in [0.3, 0.4) is 0 Å². The van der Waals surface area contributed by atoms with Gasteiger partial charge >= 0.3 is 6.48 Å². The average Bonchev–Trinajstić information content (AvgIpc) is 1.75. The first-order valence-corrected chi connectivity index (χ1v) is 0.799. The molecule has 0 bridgehead atoms. The standard InChI is InChI=1S/CHO3/c2-1-3-4-1/h2H. The van der Waals surface area contributed by atoms with Crippen molar-refractivity contribution in [1.82, 2.24) is 0 Å². The van der Waals surface area contributed by atoms with Gasteiger partial charge in [0.1, 0.15) is 0 Å². The van der Waals surface area contributed by atoms with Crippen molar-refractivity contribution in [1.29, 1.82) is 0 Å². The third-order valence-electron chi connectivity index (χ3n) is 0.158. The van der Waals surface area contributed by atoms with Crippen LogP contribution in [0.15, 0.2) is 0 Å². The highest BCUT2D eigenvalue weighted by molar-refractivity contribution is 4.39. The summed E-state index contributed by atoms with van der Waals surface area (Å²) in [5.41, 5.74) is 0. The molecular weight excluding hydrogens is 60.0 g/mol. The minimum Gasteiger partial charge on any atom is -0.333 e. The molecule has 1 rings (SSSR count). The molecule has 1 saturated heterocycles. The lowest BCUT2D eigenvalue weighted by molar-refractivity contribution is 0.0850. The Hall–Kier alpha value is -0.120. The second-order valence-corrected chi connectivity index (χ2v) is 0.433. The van der Waals surface area contributed by atoms with Crippen LogP contribution in [0.5, 0.6) is 0 Å². The van der Waals surface area contributed by atoms with Gasteiger partial charge in [0.25, 0.3) is 0 Å².